The van der Waals surface area contributed by atoms with E-state index in [0.717, 1.165) is 5.56 Å². The van der Waals surface area contributed by atoms with E-state index in [-0.39, 0.29) is 5.56 Å². The zero-order chi connectivity index (χ0) is 17.8. The van der Waals surface area contributed by atoms with Gasteiger partial charge in [0.15, 0.2) is 11.5 Å². The van der Waals surface area contributed by atoms with Gasteiger partial charge in [0.2, 0.25) is 5.95 Å². The van der Waals surface area contributed by atoms with Gasteiger partial charge < -0.3 is 9.47 Å². The standard InChI is InChI=1S/C18H20N4O3/c1-24-15-10-13-14(11-16(15)25-2)20-18(21-19)22(17(13)23)9-8-12-6-4-3-5-7-12/h3-7,10-11H,8-9,19H2,1-2H3,(H,20,21). The van der Waals surface area contributed by atoms with Gasteiger partial charge in [-0.2, -0.15) is 0 Å². The Balaban J connectivity index is 2.08. The summed E-state index contributed by atoms with van der Waals surface area (Å²) in [6.45, 7) is 0.458. The van der Waals surface area contributed by atoms with Crippen molar-refractivity contribution in [2.75, 3.05) is 19.6 Å². The van der Waals surface area contributed by atoms with E-state index in [1.165, 1.54) is 18.8 Å². The number of nitrogen functional groups attached to an aromatic ring is 1. The molecule has 3 aromatic rings. The fourth-order valence-corrected chi connectivity index (χ4v) is 2.75. The Morgan fingerprint density at radius 1 is 1.12 bits per heavy atom. The molecule has 7 heteroatoms. The summed E-state index contributed by atoms with van der Waals surface area (Å²) in [5, 5.41) is 0.449. The number of methoxy groups -OCH3 is 2. The molecule has 0 bridgehead atoms. The number of aromatic nitrogens is 2. The quantitative estimate of drug-likeness (QED) is 0.526. The second kappa shape index (κ2) is 7.23. The van der Waals surface area contributed by atoms with E-state index in [0.29, 0.717) is 41.3 Å². The molecule has 1 aromatic heterocycles. The minimum Gasteiger partial charge on any atom is -0.493 e. The molecule has 0 atom stereocenters. The van der Waals surface area contributed by atoms with Crippen LogP contribution < -0.4 is 26.3 Å². The molecule has 0 unspecified atom stereocenters. The maximum Gasteiger partial charge on any atom is 0.262 e. The molecule has 2 aromatic carbocycles. The minimum absolute atomic E-state index is 0.185. The van der Waals surface area contributed by atoms with Crippen LogP contribution in [0.3, 0.4) is 0 Å². The van der Waals surface area contributed by atoms with Crippen LogP contribution in [0.2, 0.25) is 0 Å². The van der Waals surface area contributed by atoms with Crippen LogP contribution in [-0.4, -0.2) is 23.8 Å². The van der Waals surface area contributed by atoms with E-state index in [1.54, 1.807) is 12.1 Å². The lowest BCUT2D eigenvalue weighted by molar-refractivity contribution is 0.355. The highest BCUT2D eigenvalue weighted by Gasteiger charge is 2.14. The lowest BCUT2D eigenvalue weighted by Crippen LogP contribution is -2.28. The van der Waals surface area contributed by atoms with E-state index < -0.39 is 0 Å². The molecule has 0 fully saturated rings. The molecule has 0 spiro atoms. The fraction of sp³-hybridized carbons (Fsp3) is 0.222. The third-order valence-electron chi connectivity index (χ3n) is 4.06. The molecule has 130 valence electrons. The van der Waals surface area contributed by atoms with Crippen LogP contribution in [-0.2, 0) is 13.0 Å². The summed E-state index contributed by atoms with van der Waals surface area (Å²) in [4.78, 5) is 17.4. The Morgan fingerprint density at radius 2 is 1.80 bits per heavy atom. The summed E-state index contributed by atoms with van der Waals surface area (Å²) >= 11 is 0. The SMILES string of the molecule is COc1cc2nc(NN)n(CCc3ccccc3)c(=O)c2cc1OC. The first kappa shape index (κ1) is 16.8. The van der Waals surface area contributed by atoms with Crippen molar-refractivity contribution in [1.29, 1.82) is 0 Å². The van der Waals surface area contributed by atoms with Gasteiger partial charge in [-0.25, -0.2) is 10.8 Å². The van der Waals surface area contributed by atoms with Crippen LogP contribution in [0.15, 0.2) is 47.3 Å². The highest BCUT2D eigenvalue weighted by molar-refractivity contribution is 5.82. The summed E-state index contributed by atoms with van der Waals surface area (Å²) in [5.74, 6) is 6.87. The van der Waals surface area contributed by atoms with Crippen molar-refractivity contribution in [3.05, 3.63) is 58.4 Å². The summed E-state index contributed by atoms with van der Waals surface area (Å²) in [7, 11) is 3.06. The minimum atomic E-state index is -0.185. The normalized spacial score (nSPS) is 10.7. The van der Waals surface area contributed by atoms with Gasteiger partial charge in [-0.15, -0.1) is 0 Å². The molecule has 3 rings (SSSR count). The zero-order valence-electron chi connectivity index (χ0n) is 14.2. The van der Waals surface area contributed by atoms with Gasteiger partial charge in [0.25, 0.3) is 5.56 Å². The van der Waals surface area contributed by atoms with Crippen LogP contribution in [0.25, 0.3) is 10.9 Å². The average molecular weight is 340 g/mol. The van der Waals surface area contributed by atoms with Crippen molar-refractivity contribution >= 4 is 16.9 Å². The molecule has 0 aliphatic rings. The number of hydrazine groups is 1. The monoisotopic (exact) mass is 340 g/mol. The van der Waals surface area contributed by atoms with Crippen molar-refractivity contribution in [1.82, 2.24) is 9.55 Å². The predicted molar refractivity (Wildman–Crippen MR) is 97.1 cm³/mol. The largest absolute Gasteiger partial charge is 0.493 e. The molecule has 0 radical (unpaired) electrons. The molecular weight excluding hydrogens is 320 g/mol. The zero-order valence-corrected chi connectivity index (χ0v) is 14.2. The lowest BCUT2D eigenvalue weighted by atomic mass is 10.1. The van der Waals surface area contributed by atoms with E-state index >= 15 is 0 Å². The number of fused-ring (bicyclic) bond motifs is 1. The Bertz CT molecular complexity index is 938. The van der Waals surface area contributed by atoms with Crippen molar-refractivity contribution in [3.8, 4) is 11.5 Å². The van der Waals surface area contributed by atoms with Crippen LogP contribution in [0.5, 0.6) is 11.5 Å². The predicted octanol–water partition coefficient (Wildman–Crippen LogP) is 1.94. The van der Waals surface area contributed by atoms with E-state index in [9.17, 15) is 4.79 Å². The highest BCUT2D eigenvalue weighted by Crippen LogP contribution is 2.30. The van der Waals surface area contributed by atoms with Gasteiger partial charge in [0, 0.05) is 12.6 Å². The van der Waals surface area contributed by atoms with Crippen LogP contribution >= 0.6 is 0 Å². The summed E-state index contributed by atoms with van der Waals surface area (Å²) in [6.07, 6.45) is 0.690. The summed E-state index contributed by atoms with van der Waals surface area (Å²) in [6, 6.07) is 13.2. The second-order valence-electron chi connectivity index (χ2n) is 5.50. The first-order chi connectivity index (χ1) is 12.2. The van der Waals surface area contributed by atoms with Gasteiger partial charge in [0.1, 0.15) is 0 Å². The van der Waals surface area contributed by atoms with Gasteiger partial charge in [0.05, 0.1) is 25.1 Å². The number of hydrogen-bond acceptors (Lipinski definition) is 6. The van der Waals surface area contributed by atoms with Gasteiger partial charge >= 0.3 is 0 Å². The molecular formula is C18H20N4O3. The average Bonchev–Trinajstić information content (AvgIpc) is 2.66. The Hall–Kier alpha value is -3.06. The molecule has 0 amide bonds. The maximum atomic E-state index is 12.9. The summed E-state index contributed by atoms with van der Waals surface area (Å²) in [5.41, 5.74) is 3.95. The number of benzene rings is 2. The van der Waals surface area contributed by atoms with Crippen LogP contribution in [0.1, 0.15) is 5.56 Å². The van der Waals surface area contributed by atoms with Crippen molar-refractivity contribution in [3.63, 3.8) is 0 Å². The van der Waals surface area contributed by atoms with Crippen molar-refractivity contribution in [2.24, 2.45) is 5.84 Å². The molecule has 0 saturated heterocycles. The van der Waals surface area contributed by atoms with Gasteiger partial charge in [-0.05, 0) is 18.1 Å². The topological polar surface area (TPSA) is 91.4 Å². The van der Waals surface area contributed by atoms with E-state index in [1.807, 2.05) is 30.3 Å². The number of aryl methyl sites for hydroxylation is 1. The third-order valence-corrected chi connectivity index (χ3v) is 4.06. The van der Waals surface area contributed by atoms with Gasteiger partial charge in [-0.3, -0.25) is 14.8 Å². The second-order valence-corrected chi connectivity index (χ2v) is 5.50. The number of ether oxygens (including phenoxy) is 2. The molecule has 3 N–H and O–H groups in total. The molecule has 7 nitrogen and oxygen atoms in total. The fourth-order valence-electron chi connectivity index (χ4n) is 2.75. The van der Waals surface area contributed by atoms with Gasteiger partial charge in [-0.1, -0.05) is 30.3 Å². The molecule has 0 aliphatic carbocycles. The number of nitrogens with zero attached hydrogens (tertiary/aromatic N) is 2. The van der Waals surface area contributed by atoms with E-state index in [4.69, 9.17) is 15.3 Å². The smallest absolute Gasteiger partial charge is 0.262 e. The van der Waals surface area contributed by atoms with Crippen molar-refractivity contribution < 1.29 is 9.47 Å². The molecule has 0 saturated carbocycles. The number of nitrogens with one attached hydrogen (secondary N) is 1. The summed E-state index contributed by atoms with van der Waals surface area (Å²) < 4.78 is 12.1. The Kier molecular flexibility index (Phi) is 4.85. The lowest BCUT2D eigenvalue weighted by Gasteiger charge is -2.14. The molecule has 1 heterocycles. The Labute approximate surface area is 145 Å². The van der Waals surface area contributed by atoms with Crippen LogP contribution in [0.4, 0.5) is 5.95 Å². The number of rotatable bonds is 6. The number of nitrogens with two attached hydrogens (primary N) is 1. The van der Waals surface area contributed by atoms with Crippen LogP contribution in [0, 0.1) is 0 Å². The highest BCUT2D eigenvalue weighted by atomic mass is 16.5. The first-order valence-corrected chi connectivity index (χ1v) is 7.85. The van der Waals surface area contributed by atoms with E-state index in [2.05, 4.69) is 10.4 Å². The number of hydrogen-bond donors (Lipinski definition) is 2. The Morgan fingerprint density at radius 3 is 2.44 bits per heavy atom. The third kappa shape index (κ3) is 3.27. The first-order valence-electron chi connectivity index (χ1n) is 7.85. The maximum absolute atomic E-state index is 12.9. The number of anilines is 1. The molecule has 0 aliphatic heterocycles. The molecule has 25 heavy (non-hydrogen) atoms. The van der Waals surface area contributed by atoms with Crippen molar-refractivity contribution in [2.45, 2.75) is 13.0 Å².